The number of nitrogens with one attached hydrogen (secondary N) is 1. The predicted molar refractivity (Wildman–Crippen MR) is 94.8 cm³/mol. The van der Waals surface area contributed by atoms with Crippen molar-refractivity contribution in [2.75, 3.05) is 7.11 Å². The summed E-state index contributed by atoms with van der Waals surface area (Å²) in [7, 11) is 1.63. The van der Waals surface area contributed by atoms with Gasteiger partial charge in [0.1, 0.15) is 5.75 Å². The van der Waals surface area contributed by atoms with E-state index in [1.54, 1.807) is 13.3 Å². The second-order valence-corrected chi connectivity index (χ2v) is 6.06. The van der Waals surface area contributed by atoms with Gasteiger partial charge in [0.15, 0.2) is 10.5 Å². The van der Waals surface area contributed by atoms with Gasteiger partial charge in [-0.05, 0) is 42.0 Å². The molecule has 0 saturated carbocycles. The summed E-state index contributed by atoms with van der Waals surface area (Å²) in [6.45, 7) is 0. The van der Waals surface area contributed by atoms with Crippen LogP contribution in [0.3, 0.4) is 0 Å². The van der Waals surface area contributed by atoms with Crippen molar-refractivity contribution in [2.45, 2.75) is 0 Å². The minimum atomic E-state index is 0.282. The molecule has 0 atom stereocenters. The molecule has 0 aliphatic rings. The van der Waals surface area contributed by atoms with Crippen LogP contribution in [0.2, 0.25) is 0 Å². The van der Waals surface area contributed by atoms with Gasteiger partial charge in [-0.3, -0.25) is 5.41 Å². The number of thiazole rings is 1. The average Bonchev–Trinajstić information content (AvgIpc) is 2.92. The molecule has 4 rings (SSSR count). The van der Waals surface area contributed by atoms with Crippen molar-refractivity contribution in [3.63, 3.8) is 0 Å². The molecule has 0 unspecified atom stereocenters. The van der Waals surface area contributed by atoms with Crippen LogP contribution in [-0.2, 0) is 0 Å². The third-order valence-corrected chi connectivity index (χ3v) is 4.38. The van der Waals surface area contributed by atoms with Gasteiger partial charge in [0.05, 0.1) is 24.4 Å². The molecule has 0 bridgehead atoms. The molecule has 0 spiro atoms. The third-order valence-electron chi connectivity index (χ3n) is 3.55. The topological polar surface area (TPSA) is 76.2 Å². The highest BCUT2D eigenvalue weighted by molar-refractivity contribution is 7.15. The Bertz CT molecular complexity index is 1110. The molecule has 7 heteroatoms. The van der Waals surface area contributed by atoms with Crippen molar-refractivity contribution in [3.8, 4) is 5.75 Å². The second kappa shape index (κ2) is 5.86. The van der Waals surface area contributed by atoms with E-state index in [1.165, 1.54) is 16.0 Å². The summed E-state index contributed by atoms with van der Waals surface area (Å²) in [5.74, 6) is 0.791. The Morgan fingerprint density at radius 2 is 1.79 bits per heavy atom. The number of hydrogen-bond acceptors (Lipinski definition) is 6. The summed E-state index contributed by atoms with van der Waals surface area (Å²) < 4.78 is 6.64. The zero-order valence-electron chi connectivity index (χ0n) is 12.8. The first-order valence-corrected chi connectivity index (χ1v) is 8.07. The van der Waals surface area contributed by atoms with Gasteiger partial charge < -0.3 is 4.74 Å². The fraction of sp³-hybridized carbons (Fsp3) is 0.0588. The summed E-state index contributed by atoms with van der Waals surface area (Å²) in [4.78, 5) is 10.1. The maximum absolute atomic E-state index is 8.13. The van der Waals surface area contributed by atoms with Gasteiger partial charge in [-0.15, -0.1) is 0 Å². The Morgan fingerprint density at radius 1 is 1.08 bits per heavy atom. The Hall–Kier alpha value is -3.06. The molecule has 2 aromatic heterocycles. The van der Waals surface area contributed by atoms with E-state index in [1.807, 2.05) is 48.5 Å². The largest absolute Gasteiger partial charge is 0.497 e. The smallest absolute Gasteiger partial charge is 0.206 e. The molecule has 0 saturated heterocycles. The minimum Gasteiger partial charge on any atom is -0.497 e. The first-order valence-electron chi connectivity index (χ1n) is 7.26. The van der Waals surface area contributed by atoms with Gasteiger partial charge in [-0.2, -0.15) is 9.78 Å². The molecule has 2 aromatic carbocycles. The lowest BCUT2D eigenvalue weighted by atomic mass is 10.2. The summed E-state index contributed by atoms with van der Waals surface area (Å²) in [5, 5.41) is 12.5. The maximum atomic E-state index is 8.13. The molecule has 118 valence electrons. The number of benzene rings is 2. The lowest BCUT2D eigenvalue weighted by molar-refractivity contribution is 0.415. The summed E-state index contributed by atoms with van der Waals surface area (Å²) in [6, 6.07) is 15.2. The van der Waals surface area contributed by atoms with Crippen molar-refractivity contribution in [2.24, 2.45) is 5.10 Å². The highest BCUT2D eigenvalue weighted by Crippen LogP contribution is 2.18. The Balaban J connectivity index is 1.80. The molecule has 0 radical (unpaired) electrons. The van der Waals surface area contributed by atoms with E-state index in [0.29, 0.717) is 10.5 Å². The standard InChI is InChI=1S/C17H13N5OS/c1-23-12-8-6-11(7-9-12)10-19-22-15-16(24-17(22)18)21-14-5-3-2-4-13(14)20-15/h2-10,18H,1H3. The molecule has 4 aromatic rings. The number of rotatable bonds is 3. The molecule has 0 aliphatic carbocycles. The molecule has 0 amide bonds. The first-order chi connectivity index (χ1) is 11.7. The Labute approximate surface area is 141 Å². The monoisotopic (exact) mass is 335 g/mol. The summed E-state index contributed by atoms with van der Waals surface area (Å²) in [5.41, 5.74) is 3.11. The molecule has 0 fully saturated rings. The van der Waals surface area contributed by atoms with Crippen LogP contribution in [0.4, 0.5) is 0 Å². The molecule has 2 heterocycles. The van der Waals surface area contributed by atoms with E-state index in [0.717, 1.165) is 22.3 Å². The number of fused-ring (bicyclic) bond motifs is 2. The van der Waals surface area contributed by atoms with E-state index < -0.39 is 0 Å². The lowest BCUT2D eigenvalue weighted by Gasteiger charge is -2.00. The fourth-order valence-corrected chi connectivity index (χ4v) is 3.10. The van der Waals surface area contributed by atoms with E-state index in [2.05, 4.69) is 15.1 Å². The van der Waals surface area contributed by atoms with E-state index >= 15 is 0 Å². The van der Waals surface area contributed by atoms with Crippen LogP contribution in [0, 0.1) is 5.41 Å². The third kappa shape index (κ3) is 2.55. The van der Waals surface area contributed by atoms with Crippen LogP contribution in [-0.4, -0.2) is 28.0 Å². The minimum absolute atomic E-state index is 0.282. The normalized spacial score (nSPS) is 11.5. The Kier molecular flexibility index (Phi) is 3.55. The van der Waals surface area contributed by atoms with Crippen molar-refractivity contribution in [1.29, 1.82) is 5.41 Å². The number of methoxy groups -OCH3 is 1. The van der Waals surface area contributed by atoms with Gasteiger partial charge in [0.2, 0.25) is 4.80 Å². The van der Waals surface area contributed by atoms with Crippen molar-refractivity contribution < 1.29 is 4.74 Å². The van der Waals surface area contributed by atoms with Gasteiger partial charge >= 0.3 is 0 Å². The molecule has 1 N–H and O–H groups in total. The van der Waals surface area contributed by atoms with Crippen molar-refractivity contribution in [3.05, 3.63) is 58.9 Å². The highest BCUT2D eigenvalue weighted by Gasteiger charge is 2.09. The number of nitrogens with zero attached hydrogens (tertiary/aromatic N) is 4. The Morgan fingerprint density at radius 3 is 2.50 bits per heavy atom. The fourth-order valence-electron chi connectivity index (χ4n) is 2.33. The number of para-hydroxylation sites is 2. The van der Waals surface area contributed by atoms with Crippen LogP contribution in [0.1, 0.15) is 5.56 Å². The van der Waals surface area contributed by atoms with Crippen LogP contribution < -0.4 is 9.54 Å². The van der Waals surface area contributed by atoms with E-state index in [4.69, 9.17) is 10.1 Å². The molecular formula is C17H13N5OS. The second-order valence-electron chi connectivity index (χ2n) is 5.08. The van der Waals surface area contributed by atoms with Gasteiger partial charge in [0.25, 0.3) is 0 Å². The average molecular weight is 335 g/mol. The zero-order chi connectivity index (χ0) is 16.5. The van der Waals surface area contributed by atoms with Crippen molar-refractivity contribution >= 4 is 39.1 Å². The summed E-state index contributed by atoms with van der Waals surface area (Å²) in [6.07, 6.45) is 1.69. The molecule has 0 aliphatic heterocycles. The van der Waals surface area contributed by atoms with Crippen molar-refractivity contribution in [1.82, 2.24) is 14.6 Å². The van der Waals surface area contributed by atoms with Crippen LogP contribution in [0.25, 0.3) is 21.5 Å². The molecular weight excluding hydrogens is 322 g/mol. The summed E-state index contributed by atoms with van der Waals surface area (Å²) >= 11 is 1.26. The van der Waals surface area contributed by atoms with Crippen LogP contribution >= 0.6 is 11.3 Å². The van der Waals surface area contributed by atoms with E-state index in [9.17, 15) is 0 Å². The van der Waals surface area contributed by atoms with E-state index in [-0.39, 0.29) is 4.80 Å². The predicted octanol–water partition coefficient (Wildman–Crippen LogP) is 3.02. The van der Waals surface area contributed by atoms with Gasteiger partial charge in [-0.1, -0.05) is 23.5 Å². The highest BCUT2D eigenvalue weighted by atomic mass is 32.1. The first kappa shape index (κ1) is 14.5. The van der Waals surface area contributed by atoms with Gasteiger partial charge in [-0.25, -0.2) is 9.97 Å². The number of hydrogen-bond donors (Lipinski definition) is 1. The number of ether oxygens (including phenoxy) is 1. The SMILES string of the molecule is COc1ccc(C=Nn2c(=N)sc3nc4ccccc4nc32)cc1. The maximum Gasteiger partial charge on any atom is 0.206 e. The molecule has 6 nitrogen and oxygen atoms in total. The van der Waals surface area contributed by atoms with Gasteiger partial charge in [0, 0.05) is 0 Å². The molecule has 24 heavy (non-hydrogen) atoms. The van der Waals surface area contributed by atoms with Crippen LogP contribution in [0.15, 0.2) is 53.6 Å². The quantitative estimate of drug-likeness (QED) is 0.585. The lowest BCUT2D eigenvalue weighted by Crippen LogP contribution is -2.08. The number of aromatic nitrogens is 3. The van der Waals surface area contributed by atoms with Crippen LogP contribution in [0.5, 0.6) is 5.75 Å². The zero-order valence-corrected chi connectivity index (χ0v) is 13.6.